The highest BCUT2D eigenvalue weighted by atomic mass is 16.5. The van der Waals surface area contributed by atoms with Gasteiger partial charge in [-0.1, -0.05) is 60.7 Å². The van der Waals surface area contributed by atoms with Crippen LogP contribution in [-0.2, 0) is 0 Å². The minimum atomic E-state index is 0.518. The molecule has 122 valence electrons. The second-order valence-corrected chi connectivity index (χ2v) is 5.57. The van der Waals surface area contributed by atoms with Crippen molar-refractivity contribution in [2.24, 2.45) is 0 Å². The molecule has 0 aliphatic carbocycles. The van der Waals surface area contributed by atoms with E-state index in [0.717, 1.165) is 28.0 Å². The van der Waals surface area contributed by atoms with Crippen molar-refractivity contribution in [1.82, 2.24) is 15.0 Å². The van der Waals surface area contributed by atoms with Crippen molar-refractivity contribution >= 4 is 11.0 Å². The van der Waals surface area contributed by atoms with Crippen molar-refractivity contribution in [3.8, 4) is 28.4 Å². The molecule has 0 saturated carbocycles. The summed E-state index contributed by atoms with van der Waals surface area (Å²) in [6, 6.07) is 22.1. The van der Waals surface area contributed by atoms with Crippen molar-refractivity contribution in [2.45, 2.75) is 6.92 Å². The van der Waals surface area contributed by atoms with Gasteiger partial charge in [0.15, 0.2) is 5.52 Å². The van der Waals surface area contributed by atoms with Crippen molar-refractivity contribution in [2.75, 3.05) is 6.61 Å². The summed E-state index contributed by atoms with van der Waals surface area (Å²) in [6.45, 7) is 2.47. The van der Waals surface area contributed by atoms with Crippen molar-refractivity contribution in [3.63, 3.8) is 0 Å². The molecule has 0 radical (unpaired) electrons. The van der Waals surface area contributed by atoms with Crippen LogP contribution >= 0.6 is 0 Å². The number of benzene rings is 2. The van der Waals surface area contributed by atoms with Crippen LogP contribution in [0.2, 0.25) is 0 Å². The minimum Gasteiger partial charge on any atom is -0.476 e. The molecule has 4 rings (SSSR count). The number of ether oxygens (including phenoxy) is 1. The van der Waals surface area contributed by atoms with Crippen LogP contribution in [0.5, 0.6) is 5.88 Å². The van der Waals surface area contributed by atoms with E-state index in [9.17, 15) is 0 Å². The fraction of sp³-hybridized carbons (Fsp3) is 0.0952. The lowest BCUT2D eigenvalue weighted by Crippen LogP contribution is -2.00. The molecule has 4 nitrogen and oxygen atoms in total. The highest BCUT2D eigenvalue weighted by molar-refractivity contribution is 5.88. The molecule has 0 aliphatic heterocycles. The van der Waals surface area contributed by atoms with Gasteiger partial charge in [-0.05, 0) is 13.0 Å². The Kier molecular flexibility index (Phi) is 4.09. The second-order valence-electron chi connectivity index (χ2n) is 5.57. The first kappa shape index (κ1) is 15.3. The van der Waals surface area contributed by atoms with Gasteiger partial charge in [0.2, 0.25) is 5.88 Å². The minimum absolute atomic E-state index is 0.518. The number of nitrogens with zero attached hydrogens (tertiary/aromatic N) is 3. The lowest BCUT2D eigenvalue weighted by atomic mass is 10.0. The summed E-state index contributed by atoms with van der Waals surface area (Å²) < 4.78 is 5.64. The number of aromatic nitrogens is 3. The third kappa shape index (κ3) is 2.94. The topological polar surface area (TPSA) is 47.9 Å². The largest absolute Gasteiger partial charge is 0.476 e. The molecule has 4 heteroatoms. The Balaban J connectivity index is 2.03. The van der Waals surface area contributed by atoms with E-state index >= 15 is 0 Å². The van der Waals surface area contributed by atoms with Gasteiger partial charge in [-0.2, -0.15) is 0 Å². The standard InChI is InChI=1S/C21H17N3O/c1-2-25-21-20-17(13-14-22-21)23-18(15-9-5-3-6-10-15)19(24-20)16-11-7-4-8-12-16/h3-14H,2H2,1H3. The maximum Gasteiger partial charge on any atom is 0.242 e. The number of hydrogen-bond donors (Lipinski definition) is 0. The number of pyridine rings is 1. The summed E-state index contributed by atoms with van der Waals surface area (Å²) in [7, 11) is 0. The normalized spacial score (nSPS) is 10.8. The summed E-state index contributed by atoms with van der Waals surface area (Å²) in [5.74, 6) is 0.518. The number of fused-ring (bicyclic) bond motifs is 1. The predicted octanol–water partition coefficient (Wildman–Crippen LogP) is 4.76. The summed E-state index contributed by atoms with van der Waals surface area (Å²) in [5, 5.41) is 0. The van der Waals surface area contributed by atoms with Gasteiger partial charge in [-0.3, -0.25) is 0 Å². The number of rotatable bonds is 4. The van der Waals surface area contributed by atoms with Gasteiger partial charge in [0.05, 0.1) is 23.5 Å². The van der Waals surface area contributed by atoms with Crippen LogP contribution in [0, 0.1) is 0 Å². The molecule has 4 aromatic rings. The lowest BCUT2D eigenvalue weighted by Gasteiger charge is -2.12. The van der Waals surface area contributed by atoms with Crippen molar-refractivity contribution in [3.05, 3.63) is 72.9 Å². The van der Waals surface area contributed by atoms with E-state index in [0.29, 0.717) is 18.0 Å². The summed E-state index contributed by atoms with van der Waals surface area (Å²) in [4.78, 5) is 14.1. The van der Waals surface area contributed by atoms with Gasteiger partial charge in [-0.25, -0.2) is 15.0 Å². The van der Waals surface area contributed by atoms with Gasteiger partial charge in [0, 0.05) is 17.3 Å². The first-order chi connectivity index (χ1) is 12.4. The molecule has 0 unspecified atom stereocenters. The van der Waals surface area contributed by atoms with E-state index in [1.165, 1.54) is 0 Å². The third-order valence-electron chi connectivity index (χ3n) is 3.93. The summed E-state index contributed by atoms with van der Waals surface area (Å²) in [5.41, 5.74) is 5.19. The fourth-order valence-electron chi connectivity index (χ4n) is 2.80. The molecule has 2 aromatic carbocycles. The fourth-order valence-corrected chi connectivity index (χ4v) is 2.80. The Bertz CT molecular complexity index is 1000. The van der Waals surface area contributed by atoms with E-state index in [1.54, 1.807) is 6.20 Å². The zero-order valence-corrected chi connectivity index (χ0v) is 13.9. The molecule has 0 aliphatic rings. The predicted molar refractivity (Wildman–Crippen MR) is 99.4 cm³/mol. The molecule has 25 heavy (non-hydrogen) atoms. The van der Waals surface area contributed by atoms with Gasteiger partial charge in [0.1, 0.15) is 0 Å². The Morgan fingerprint density at radius 1 is 0.760 bits per heavy atom. The number of hydrogen-bond acceptors (Lipinski definition) is 4. The molecule has 0 fully saturated rings. The Labute approximate surface area is 146 Å². The summed E-state index contributed by atoms with van der Waals surface area (Å²) >= 11 is 0. The molecule has 0 spiro atoms. The molecular weight excluding hydrogens is 310 g/mol. The van der Waals surface area contributed by atoms with E-state index in [1.807, 2.05) is 73.7 Å². The van der Waals surface area contributed by atoms with Crippen molar-refractivity contribution < 1.29 is 4.74 Å². The highest BCUT2D eigenvalue weighted by Crippen LogP contribution is 2.32. The molecule has 0 amide bonds. The smallest absolute Gasteiger partial charge is 0.242 e. The molecule has 2 aromatic heterocycles. The quantitative estimate of drug-likeness (QED) is 0.542. The van der Waals surface area contributed by atoms with Crippen LogP contribution in [0.15, 0.2) is 72.9 Å². The van der Waals surface area contributed by atoms with E-state index in [4.69, 9.17) is 14.7 Å². The Morgan fingerprint density at radius 2 is 1.36 bits per heavy atom. The molecule has 0 N–H and O–H groups in total. The van der Waals surface area contributed by atoms with Crippen LogP contribution in [0.1, 0.15) is 6.92 Å². The van der Waals surface area contributed by atoms with Gasteiger partial charge in [-0.15, -0.1) is 0 Å². The van der Waals surface area contributed by atoms with Crippen LogP contribution in [0.4, 0.5) is 0 Å². The first-order valence-electron chi connectivity index (χ1n) is 8.27. The molecule has 0 saturated heterocycles. The van der Waals surface area contributed by atoms with Gasteiger partial charge >= 0.3 is 0 Å². The van der Waals surface area contributed by atoms with Gasteiger partial charge in [0.25, 0.3) is 0 Å². The average Bonchev–Trinajstić information content (AvgIpc) is 2.69. The van der Waals surface area contributed by atoms with Crippen molar-refractivity contribution in [1.29, 1.82) is 0 Å². The van der Waals surface area contributed by atoms with Gasteiger partial charge < -0.3 is 4.74 Å². The molecule has 0 atom stereocenters. The van der Waals surface area contributed by atoms with E-state index in [-0.39, 0.29) is 0 Å². The first-order valence-corrected chi connectivity index (χ1v) is 8.27. The third-order valence-corrected chi connectivity index (χ3v) is 3.93. The maximum absolute atomic E-state index is 5.64. The van der Waals surface area contributed by atoms with Crippen LogP contribution in [0.3, 0.4) is 0 Å². The van der Waals surface area contributed by atoms with Crippen LogP contribution in [0.25, 0.3) is 33.5 Å². The summed E-state index contributed by atoms with van der Waals surface area (Å²) in [6.07, 6.45) is 1.71. The van der Waals surface area contributed by atoms with E-state index in [2.05, 4.69) is 4.98 Å². The van der Waals surface area contributed by atoms with E-state index < -0.39 is 0 Å². The SMILES string of the molecule is CCOc1nccc2nc(-c3ccccc3)c(-c3ccccc3)nc12. The zero-order chi connectivity index (χ0) is 17.1. The maximum atomic E-state index is 5.64. The second kappa shape index (κ2) is 6.69. The molecule has 0 bridgehead atoms. The average molecular weight is 327 g/mol. The Morgan fingerprint density at radius 3 is 1.96 bits per heavy atom. The molecular formula is C21H17N3O. The highest BCUT2D eigenvalue weighted by Gasteiger charge is 2.15. The van der Waals surface area contributed by atoms with Crippen LogP contribution in [-0.4, -0.2) is 21.6 Å². The Hall–Kier alpha value is -3.27. The lowest BCUT2D eigenvalue weighted by molar-refractivity contribution is 0.330. The van der Waals surface area contributed by atoms with Crippen LogP contribution < -0.4 is 4.74 Å². The zero-order valence-electron chi connectivity index (χ0n) is 13.9. The molecule has 2 heterocycles. The monoisotopic (exact) mass is 327 g/mol.